The molecule has 0 unspecified atom stereocenters. The maximum absolute atomic E-state index is 5.70. The van der Waals surface area contributed by atoms with Crippen LogP contribution in [0.4, 0.5) is 0 Å². The Balaban J connectivity index is 2.08. The Hall–Kier alpha value is -1.88. The van der Waals surface area contributed by atoms with Crippen LogP contribution >= 0.6 is 12.2 Å². The minimum atomic E-state index is 0.372. The third kappa shape index (κ3) is 2.87. The molecule has 0 aliphatic carbocycles. The Morgan fingerprint density at radius 2 is 2.22 bits per heavy atom. The number of rotatable bonds is 4. The van der Waals surface area contributed by atoms with Gasteiger partial charge in [0.15, 0.2) is 0 Å². The van der Waals surface area contributed by atoms with Crippen LogP contribution < -0.4 is 10.5 Å². The van der Waals surface area contributed by atoms with E-state index in [1.54, 1.807) is 0 Å². The van der Waals surface area contributed by atoms with Crippen molar-refractivity contribution in [1.82, 2.24) is 9.78 Å². The molecule has 5 heteroatoms. The smallest absolute Gasteiger partial charge is 0.130 e. The number of benzene rings is 1. The molecule has 0 aliphatic heterocycles. The fourth-order valence-corrected chi connectivity index (χ4v) is 1.82. The Kier molecular flexibility index (Phi) is 3.62. The van der Waals surface area contributed by atoms with E-state index in [1.807, 2.05) is 49.0 Å². The Morgan fingerprint density at radius 1 is 1.44 bits per heavy atom. The minimum absolute atomic E-state index is 0.372. The molecule has 0 atom stereocenters. The molecule has 0 fully saturated rings. The van der Waals surface area contributed by atoms with Crippen molar-refractivity contribution in [3.8, 4) is 5.75 Å². The number of thiocarbonyl (C=S) groups is 1. The normalized spacial score (nSPS) is 10.3. The summed E-state index contributed by atoms with van der Waals surface area (Å²) < 4.78 is 7.51. The van der Waals surface area contributed by atoms with Crippen LogP contribution in [0.2, 0.25) is 0 Å². The van der Waals surface area contributed by atoms with Gasteiger partial charge in [0.05, 0.1) is 11.4 Å². The number of hydrogen-bond acceptors (Lipinski definition) is 3. The molecule has 0 bridgehead atoms. The molecule has 18 heavy (non-hydrogen) atoms. The van der Waals surface area contributed by atoms with Gasteiger partial charge in [0.1, 0.15) is 17.3 Å². The summed E-state index contributed by atoms with van der Waals surface area (Å²) in [6.07, 6.45) is 0. The SMILES string of the molecule is Cc1cc(COc2cccc(C(N)=S)c2)n(C)n1. The first-order chi connectivity index (χ1) is 8.56. The van der Waals surface area contributed by atoms with Gasteiger partial charge in [0, 0.05) is 12.6 Å². The van der Waals surface area contributed by atoms with E-state index < -0.39 is 0 Å². The van der Waals surface area contributed by atoms with Crippen LogP contribution in [-0.4, -0.2) is 14.8 Å². The number of aromatic nitrogens is 2. The van der Waals surface area contributed by atoms with Crippen molar-refractivity contribution in [1.29, 1.82) is 0 Å². The van der Waals surface area contributed by atoms with Gasteiger partial charge < -0.3 is 10.5 Å². The van der Waals surface area contributed by atoms with E-state index in [0.29, 0.717) is 11.6 Å². The lowest BCUT2D eigenvalue weighted by atomic mass is 10.2. The van der Waals surface area contributed by atoms with Gasteiger partial charge in [-0.2, -0.15) is 5.10 Å². The molecule has 1 aromatic carbocycles. The van der Waals surface area contributed by atoms with E-state index in [4.69, 9.17) is 22.7 Å². The quantitative estimate of drug-likeness (QED) is 0.855. The van der Waals surface area contributed by atoms with E-state index >= 15 is 0 Å². The first-order valence-electron chi connectivity index (χ1n) is 5.58. The zero-order valence-corrected chi connectivity index (χ0v) is 11.2. The standard InChI is InChI=1S/C13H15N3OS/c1-9-6-11(16(2)15-9)8-17-12-5-3-4-10(7-12)13(14)18/h3-7H,8H2,1-2H3,(H2,14,18). The molecule has 0 saturated heterocycles. The van der Waals surface area contributed by atoms with E-state index in [9.17, 15) is 0 Å². The number of nitrogens with two attached hydrogens (primary N) is 1. The first kappa shape index (κ1) is 12.6. The number of aryl methyl sites for hydroxylation is 2. The van der Waals surface area contributed by atoms with Gasteiger partial charge in [0.25, 0.3) is 0 Å². The van der Waals surface area contributed by atoms with Gasteiger partial charge in [-0.05, 0) is 25.1 Å². The summed E-state index contributed by atoms with van der Waals surface area (Å²) in [7, 11) is 1.90. The summed E-state index contributed by atoms with van der Waals surface area (Å²) in [6.45, 7) is 2.43. The lowest BCUT2D eigenvalue weighted by Crippen LogP contribution is -2.09. The summed E-state index contributed by atoms with van der Waals surface area (Å²) in [5, 5.41) is 4.27. The highest BCUT2D eigenvalue weighted by Gasteiger charge is 2.04. The zero-order chi connectivity index (χ0) is 13.1. The average molecular weight is 261 g/mol. The van der Waals surface area contributed by atoms with Gasteiger partial charge in [0.2, 0.25) is 0 Å². The Labute approximate surface area is 111 Å². The van der Waals surface area contributed by atoms with Gasteiger partial charge in [-0.15, -0.1) is 0 Å². The van der Waals surface area contributed by atoms with Gasteiger partial charge in [-0.1, -0.05) is 24.4 Å². The molecule has 2 rings (SSSR count). The molecular formula is C13H15N3OS. The Morgan fingerprint density at radius 3 is 2.83 bits per heavy atom. The highest BCUT2D eigenvalue weighted by molar-refractivity contribution is 7.80. The van der Waals surface area contributed by atoms with Crippen LogP contribution in [-0.2, 0) is 13.7 Å². The lowest BCUT2D eigenvalue weighted by Gasteiger charge is -2.07. The van der Waals surface area contributed by atoms with E-state index in [-0.39, 0.29) is 0 Å². The predicted molar refractivity (Wildman–Crippen MR) is 74.6 cm³/mol. The summed E-state index contributed by atoms with van der Waals surface area (Å²) in [6, 6.07) is 9.45. The monoisotopic (exact) mass is 261 g/mol. The first-order valence-corrected chi connectivity index (χ1v) is 5.99. The van der Waals surface area contributed by atoms with Crippen LogP contribution in [0.3, 0.4) is 0 Å². The molecule has 4 nitrogen and oxygen atoms in total. The topological polar surface area (TPSA) is 53.1 Å². The molecule has 0 spiro atoms. The van der Waals surface area contributed by atoms with Crippen LogP contribution in [0.25, 0.3) is 0 Å². The lowest BCUT2D eigenvalue weighted by molar-refractivity contribution is 0.295. The van der Waals surface area contributed by atoms with E-state index in [0.717, 1.165) is 22.7 Å². The van der Waals surface area contributed by atoms with Gasteiger partial charge in [-0.3, -0.25) is 4.68 Å². The van der Waals surface area contributed by atoms with Crippen molar-refractivity contribution in [3.63, 3.8) is 0 Å². The van der Waals surface area contributed by atoms with Crippen molar-refractivity contribution in [3.05, 3.63) is 47.3 Å². The average Bonchev–Trinajstić information content (AvgIpc) is 2.65. The highest BCUT2D eigenvalue weighted by Crippen LogP contribution is 2.15. The third-order valence-electron chi connectivity index (χ3n) is 2.60. The van der Waals surface area contributed by atoms with Crippen molar-refractivity contribution in [2.45, 2.75) is 13.5 Å². The van der Waals surface area contributed by atoms with Crippen molar-refractivity contribution < 1.29 is 4.74 Å². The molecule has 0 aliphatic rings. The molecule has 2 N–H and O–H groups in total. The van der Waals surface area contributed by atoms with Gasteiger partial charge in [-0.25, -0.2) is 0 Å². The molecule has 2 aromatic rings. The molecular weight excluding hydrogens is 246 g/mol. The molecule has 0 saturated carbocycles. The van der Waals surface area contributed by atoms with Crippen LogP contribution in [0, 0.1) is 6.92 Å². The van der Waals surface area contributed by atoms with Crippen LogP contribution in [0.5, 0.6) is 5.75 Å². The fourth-order valence-electron chi connectivity index (χ4n) is 1.70. The summed E-state index contributed by atoms with van der Waals surface area (Å²) in [5.41, 5.74) is 8.39. The molecule has 0 radical (unpaired) electrons. The summed E-state index contributed by atoms with van der Waals surface area (Å²) in [5.74, 6) is 0.749. The number of hydrogen-bond donors (Lipinski definition) is 1. The van der Waals surface area contributed by atoms with Gasteiger partial charge >= 0.3 is 0 Å². The maximum Gasteiger partial charge on any atom is 0.130 e. The molecule has 1 aromatic heterocycles. The fraction of sp³-hybridized carbons (Fsp3) is 0.231. The second-order valence-corrected chi connectivity index (χ2v) is 4.52. The predicted octanol–water partition coefficient (Wildman–Crippen LogP) is 1.94. The van der Waals surface area contributed by atoms with Crippen LogP contribution in [0.1, 0.15) is 17.0 Å². The van der Waals surface area contributed by atoms with Crippen molar-refractivity contribution in [2.24, 2.45) is 12.8 Å². The van der Waals surface area contributed by atoms with Crippen LogP contribution in [0.15, 0.2) is 30.3 Å². The second kappa shape index (κ2) is 5.18. The third-order valence-corrected chi connectivity index (χ3v) is 2.84. The maximum atomic E-state index is 5.70. The molecule has 1 heterocycles. The van der Waals surface area contributed by atoms with Crippen molar-refractivity contribution >= 4 is 17.2 Å². The van der Waals surface area contributed by atoms with E-state index in [1.165, 1.54) is 0 Å². The summed E-state index contributed by atoms with van der Waals surface area (Å²) in [4.78, 5) is 0.372. The van der Waals surface area contributed by atoms with E-state index in [2.05, 4.69) is 5.10 Å². The largest absolute Gasteiger partial charge is 0.487 e. The second-order valence-electron chi connectivity index (χ2n) is 4.08. The number of nitrogens with zero attached hydrogens (tertiary/aromatic N) is 2. The highest BCUT2D eigenvalue weighted by atomic mass is 32.1. The number of ether oxygens (including phenoxy) is 1. The van der Waals surface area contributed by atoms with Crippen molar-refractivity contribution in [2.75, 3.05) is 0 Å². The summed E-state index contributed by atoms with van der Waals surface area (Å²) >= 11 is 4.93. The molecule has 94 valence electrons. The minimum Gasteiger partial charge on any atom is -0.487 e. The molecule has 0 amide bonds. The zero-order valence-electron chi connectivity index (χ0n) is 10.4. The Bertz CT molecular complexity index is 577.